The number of benzene rings is 2. The van der Waals surface area contributed by atoms with Gasteiger partial charge in [-0.15, -0.1) is 0 Å². The Labute approximate surface area is 129 Å². The SMILES string of the molecule is NC(=O)c1ccc(NCc2cccc(C3CC3)c2)cc1Cl. The average molecular weight is 301 g/mol. The van der Waals surface area contributed by atoms with Gasteiger partial charge in [0.15, 0.2) is 0 Å². The maximum absolute atomic E-state index is 11.1. The first kappa shape index (κ1) is 14.0. The van der Waals surface area contributed by atoms with Crippen LogP contribution < -0.4 is 11.1 Å². The number of carbonyl (C=O) groups is 1. The summed E-state index contributed by atoms with van der Waals surface area (Å²) in [4.78, 5) is 11.1. The Morgan fingerprint density at radius 1 is 1.24 bits per heavy atom. The molecule has 0 radical (unpaired) electrons. The summed E-state index contributed by atoms with van der Waals surface area (Å²) in [6.07, 6.45) is 2.61. The molecule has 0 saturated heterocycles. The third-order valence-electron chi connectivity index (χ3n) is 3.73. The van der Waals surface area contributed by atoms with Gasteiger partial charge in [-0.25, -0.2) is 0 Å². The Hall–Kier alpha value is -2.00. The highest BCUT2D eigenvalue weighted by atomic mass is 35.5. The molecular weight excluding hydrogens is 284 g/mol. The van der Waals surface area contributed by atoms with Crippen LogP contribution in [-0.2, 0) is 6.54 Å². The van der Waals surface area contributed by atoms with Crippen LogP contribution in [0.25, 0.3) is 0 Å². The van der Waals surface area contributed by atoms with Crippen molar-refractivity contribution >= 4 is 23.2 Å². The highest BCUT2D eigenvalue weighted by Gasteiger charge is 2.23. The van der Waals surface area contributed by atoms with Gasteiger partial charge >= 0.3 is 0 Å². The molecule has 3 N–H and O–H groups in total. The Bertz CT molecular complexity index is 680. The van der Waals surface area contributed by atoms with Gasteiger partial charge in [-0.2, -0.15) is 0 Å². The van der Waals surface area contributed by atoms with Gasteiger partial charge in [0.2, 0.25) is 5.91 Å². The lowest BCUT2D eigenvalue weighted by atomic mass is 10.1. The Balaban J connectivity index is 1.68. The van der Waals surface area contributed by atoms with Gasteiger partial charge in [0, 0.05) is 12.2 Å². The van der Waals surface area contributed by atoms with Crippen LogP contribution in [0.1, 0.15) is 40.2 Å². The summed E-state index contributed by atoms with van der Waals surface area (Å²) in [7, 11) is 0. The van der Waals surface area contributed by atoms with Crippen molar-refractivity contribution in [3.63, 3.8) is 0 Å². The summed E-state index contributed by atoms with van der Waals surface area (Å²) in [5, 5.41) is 3.69. The number of hydrogen-bond donors (Lipinski definition) is 2. The minimum atomic E-state index is -0.510. The second kappa shape index (κ2) is 5.78. The molecule has 3 nitrogen and oxygen atoms in total. The summed E-state index contributed by atoms with van der Waals surface area (Å²) < 4.78 is 0. The number of rotatable bonds is 5. The Morgan fingerprint density at radius 3 is 2.71 bits per heavy atom. The summed E-state index contributed by atoms with van der Waals surface area (Å²) in [6.45, 7) is 0.729. The standard InChI is InChI=1S/C17H17ClN2O/c18-16-9-14(6-7-15(16)17(19)21)20-10-11-2-1-3-13(8-11)12-4-5-12/h1-3,6-9,12,20H,4-5,10H2,(H2,19,21). The molecule has 1 saturated carbocycles. The van der Waals surface area contributed by atoms with E-state index in [4.69, 9.17) is 17.3 Å². The lowest BCUT2D eigenvalue weighted by Crippen LogP contribution is -2.11. The van der Waals surface area contributed by atoms with Crippen LogP contribution in [0.2, 0.25) is 5.02 Å². The molecule has 0 spiro atoms. The van der Waals surface area contributed by atoms with Crippen molar-refractivity contribution in [2.24, 2.45) is 5.73 Å². The van der Waals surface area contributed by atoms with Crippen LogP contribution in [0.5, 0.6) is 0 Å². The van der Waals surface area contributed by atoms with Crippen LogP contribution in [0.4, 0.5) is 5.69 Å². The minimum Gasteiger partial charge on any atom is -0.381 e. The number of nitrogens with two attached hydrogens (primary N) is 1. The number of carbonyl (C=O) groups excluding carboxylic acids is 1. The molecule has 0 aromatic heterocycles. The average Bonchev–Trinajstić information content (AvgIpc) is 3.30. The van der Waals surface area contributed by atoms with E-state index in [1.54, 1.807) is 12.1 Å². The molecule has 108 valence electrons. The van der Waals surface area contributed by atoms with E-state index in [1.165, 1.54) is 24.0 Å². The second-order valence-corrected chi connectivity index (χ2v) is 5.84. The van der Waals surface area contributed by atoms with Gasteiger partial charge in [-0.3, -0.25) is 4.79 Å². The highest BCUT2D eigenvalue weighted by Crippen LogP contribution is 2.40. The van der Waals surface area contributed by atoms with E-state index in [2.05, 4.69) is 29.6 Å². The Kier molecular flexibility index (Phi) is 3.84. The van der Waals surface area contributed by atoms with Crippen molar-refractivity contribution in [2.75, 3.05) is 5.32 Å². The molecule has 1 aliphatic carbocycles. The van der Waals surface area contributed by atoms with E-state index in [0.29, 0.717) is 10.6 Å². The van der Waals surface area contributed by atoms with Gasteiger partial charge in [0.25, 0.3) is 0 Å². The summed E-state index contributed by atoms with van der Waals surface area (Å²) in [6, 6.07) is 13.9. The summed E-state index contributed by atoms with van der Waals surface area (Å²) in [5.41, 5.74) is 9.13. The maximum atomic E-state index is 11.1. The fraction of sp³-hybridized carbons (Fsp3) is 0.235. The fourth-order valence-electron chi connectivity index (χ4n) is 2.40. The first-order chi connectivity index (χ1) is 10.1. The summed E-state index contributed by atoms with van der Waals surface area (Å²) >= 11 is 6.04. The first-order valence-electron chi connectivity index (χ1n) is 7.05. The van der Waals surface area contributed by atoms with E-state index >= 15 is 0 Å². The van der Waals surface area contributed by atoms with Crippen LogP contribution in [0, 0.1) is 0 Å². The number of amides is 1. The van der Waals surface area contributed by atoms with Crippen molar-refractivity contribution in [1.82, 2.24) is 0 Å². The van der Waals surface area contributed by atoms with Crippen molar-refractivity contribution in [3.05, 3.63) is 64.2 Å². The topological polar surface area (TPSA) is 55.1 Å². The largest absolute Gasteiger partial charge is 0.381 e. The lowest BCUT2D eigenvalue weighted by molar-refractivity contribution is 0.100. The molecule has 1 amide bonds. The van der Waals surface area contributed by atoms with E-state index in [-0.39, 0.29) is 0 Å². The zero-order chi connectivity index (χ0) is 14.8. The Morgan fingerprint density at radius 2 is 2.05 bits per heavy atom. The van der Waals surface area contributed by atoms with Crippen molar-refractivity contribution in [1.29, 1.82) is 0 Å². The highest BCUT2D eigenvalue weighted by molar-refractivity contribution is 6.34. The molecule has 3 rings (SSSR count). The normalized spacial score (nSPS) is 14.0. The smallest absolute Gasteiger partial charge is 0.250 e. The van der Waals surface area contributed by atoms with E-state index in [9.17, 15) is 4.79 Å². The van der Waals surface area contributed by atoms with Gasteiger partial charge in [-0.1, -0.05) is 35.9 Å². The predicted octanol–water partition coefficient (Wildman–Crippen LogP) is 3.93. The predicted molar refractivity (Wildman–Crippen MR) is 85.7 cm³/mol. The van der Waals surface area contributed by atoms with Gasteiger partial charge < -0.3 is 11.1 Å². The second-order valence-electron chi connectivity index (χ2n) is 5.43. The number of hydrogen-bond acceptors (Lipinski definition) is 2. The lowest BCUT2D eigenvalue weighted by Gasteiger charge is -2.09. The zero-order valence-electron chi connectivity index (χ0n) is 11.6. The molecule has 1 fully saturated rings. The van der Waals surface area contributed by atoms with Crippen molar-refractivity contribution in [2.45, 2.75) is 25.3 Å². The van der Waals surface area contributed by atoms with E-state index in [0.717, 1.165) is 18.2 Å². The van der Waals surface area contributed by atoms with Crippen LogP contribution in [-0.4, -0.2) is 5.91 Å². The fourth-order valence-corrected chi connectivity index (χ4v) is 2.68. The molecule has 4 heteroatoms. The zero-order valence-corrected chi connectivity index (χ0v) is 12.4. The minimum absolute atomic E-state index is 0.345. The first-order valence-corrected chi connectivity index (χ1v) is 7.43. The van der Waals surface area contributed by atoms with E-state index in [1.807, 2.05) is 6.07 Å². The molecule has 21 heavy (non-hydrogen) atoms. The van der Waals surface area contributed by atoms with E-state index < -0.39 is 5.91 Å². The molecule has 0 heterocycles. The van der Waals surface area contributed by atoms with Crippen LogP contribution in [0.15, 0.2) is 42.5 Å². The monoisotopic (exact) mass is 300 g/mol. The maximum Gasteiger partial charge on any atom is 0.250 e. The number of primary amides is 1. The number of halogens is 1. The summed E-state index contributed by atoms with van der Waals surface area (Å²) in [5.74, 6) is 0.248. The quantitative estimate of drug-likeness (QED) is 0.879. The molecule has 0 bridgehead atoms. The molecule has 2 aromatic carbocycles. The van der Waals surface area contributed by atoms with Crippen LogP contribution >= 0.6 is 11.6 Å². The van der Waals surface area contributed by atoms with Gasteiger partial charge in [0.1, 0.15) is 0 Å². The molecule has 0 aliphatic heterocycles. The molecule has 1 aliphatic rings. The molecule has 0 atom stereocenters. The number of nitrogens with one attached hydrogen (secondary N) is 1. The van der Waals surface area contributed by atoms with Crippen LogP contribution in [0.3, 0.4) is 0 Å². The van der Waals surface area contributed by atoms with Crippen molar-refractivity contribution < 1.29 is 4.79 Å². The molecule has 0 unspecified atom stereocenters. The molecular formula is C17H17ClN2O. The van der Waals surface area contributed by atoms with Gasteiger partial charge in [0.05, 0.1) is 10.6 Å². The third-order valence-corrected chi connectivity index (χ3v) is 4.04. The van der Waals surface area contributed by atoms with Gasteiger partial charge in [-0.05, 0) is 48.1 Å². The third kappa shape index (κ3) is 3.37. The van der Waals surface area contributed by atoms with Crippen molar-refractivity contribution in [3.8, 4) is 0 Å². The number of anilines is 1. The molecule has 2 aromatic rings.